The van der Waals surface area contributed by atoms with Crippen LogP contribution in [0.15, 0.2) is 35.7 Å². The molecular weight excluding hydrogens is 334 g/mol. The van der Waals surface area contributed by atoms with Crippen LogP contribution in [-0.2, 0) is 6.42 Å². The molecule has 0 bridgehead atoms. The van der Waals surface area contributed by atoms with Crippen LogP contribution >= 0.6 is 23.6 Å². The van der Waals surface area contributed by atoms with Crippen LogP contribution in [0.4, 0.5) is 5.69 Å². The Balaban J connectivity index is 1.45. The standard InChI is InChI=1S/C19H25N3S2/c1-15-5-6-17(14-16(15)2)20-19(23)22-11-9-21(10-12-22)8-7-18-4-3-13-24-18/h3-6,13-14H,7-12H2,1-2H3,(H,20,23). The molecule has 1 aromatic heterocycles. The Morgan fingerprint density at radius 3 is 2.58 bits per heavy atom. The number of nitrogens with one attached hydrogen (secondary N) is 1. The zero-order valence-corrected chi connectivity index (χ0v) is 16.1. The molecule has 1 aromatic carbocycles. The third kappa shape index (κ3) is 4.56. The molecule has 2 aromatic rings. The van der Waals surface area contributed by atoms with E-state index in [1.165, 1.54) is 16.0 Å². The van der Waals surface area contributed by atoms with Gasteiger partial charge < -0.3 is 10.2 Å². The Kier molecular flexibility index (Phi) is 5.87. The van der Waals surface area contributed by atoms with Crippen LogP contribution in [-0.4, -0.2) is 47.6 Å². The molecule has 128 valence electrons. The fraction of sp³-hybridized carbons (Fsp3) is 0.421. The Morgan fingerprint density at radius 1 is 1.12 bits per heavy atom. The third-order valence-electron chi connectivity index (χ3n) is 4.67. The summed E-state index contributed by atoms with van der Waals surface area (Å²) in [5, 5.41) is 6.39. The van der Waals surface area contributed by atoms with Gasteiger partial charge >= 0.3 is 0 Å². The molecule has 24 heavy (non-hydrogen) atoms. The Bertz CT molecular complexity index is 674. The molecule has 0 aliphatic carbocycles. The lowest BCUT2D eigenvalue weighted by Crippen LogP contribution is -2.50. The smallest absolute Gasteiger partial charge is 0.173 e. The van der Waals surface area contributed by atoms with Crippen molar-refractivity contribution in [2.24, 2.45) is 0 Å². The molecular formula is C19H25N3S2. The minimum absolute atomic E-state index is 0.844. The third-order valence-corrected chi connectivity index (χ3v) is 5.97. The van der Waals surface area contributed by atoms with Crippen molar-refractivity contribution < 1.29 is 0 Å². The zero-order valence-electron chi connectivity index (χ0n) is 14.4. The van der Waals surface area contributed by atoms with Gasteiger partial charge in [-0.25, -0.2) is 0 Å². The second-order valence-electron chi connectivity index (χ2n) is 6.39. The number of rotatable bonds is 4. The molecule has 1 N–H and O–H groups in total. The van der Waals surface area contributed by atoms with Gasteiger partial charge in [-0.05, 0) is 67.2 Å². The summed E-state index contributed by atoms with van der Waals surface area (Å²) < 4.78 is 0. The molecule has 1 aliphatic rings. The maximum Gasteiger partial charge on any atom is 0.173 e. The molecule has 3 nitrogen and oxygen atoms in total. The number of anilines is 1. The minimum Gasteiger partial charge on any atom is -0.346 e. The highest BCUT2D eigenvalue weighted by molar-refractivity contribution is 7.80. The molecule has 0 spiro atoms. The highest BCUT2D eigenvalue weighted by Gasteiger charge is 2.18. The fourth-order valence-electron chi connectivity index (χ4n) is 2.92. The number of nitrogens with zero attached hydrogens (tertiary/aromatic N) is 2. The molecule has 1 aliphatic heterocycles. The molecule has 3 rings (SSSR count). The first-order valence-corrected chi connectivity index (χ1v) is 9.78. The second-order valence-corrected chi connectivity index (χ2v) is 7.81. The number of aryl methyl sites for hydroxylation is 2. The number of hydrogen-bond donors (Lipinski definition) is 1. The van der Waals surface area contributed by atoms with Gasteiger partial charge in [-0.3, -0.25) is 4.90 Å². The maximum absolute atomic E-state index is 5.60. The van der Waals surface area contributed by atoms with Crippen LogP contribution in [0.1, 0.15) is 16.0 Å². The number of benzene rings is 1. The summed E-state index contributed by atoms with van der Waals surface area (Å²) in [5.74, 6) is 0. The monoisotopic (exact) mass is 359 g/mol. The molecule has 0 amide bonds. The van der Waals surface area contributed by atoms with E-state index < -0.39 is 0 Å². The molecule has 1 saturated heterocycles. The average Bonchev–Trinajstić information content (AvgIpc) is 3.10. The van der Waals surface area contributed by atoms with Crippen molar-refractivity contribution in [1.82, 2.24) is 9.80 Å². The summed E-state index contributed by atoms with van der Waals surface area (Å²) in [6.45, 7) is 9.58. The van der Waals surface area contributed by atoms with Crippen LogP contribution in [0, 0.1) is 13.8 Å². The quantitative estimate of drug-likeness (QED) is 0.834. The molecule has 0 saturated carbocycles. The second kappa shape index (κ2) is 8.10. The van der Waals surface area contributed by atoms with Crippen LogP contribution in [0.25, 0.3) is 0 Å². The summed E-state index contributed by atoms with van der Waals surface area (Å²) in [5.41, 5.74) is 3.69. The van der Waals surface area contributed by atoms with Gasteiger partial charge in [0.1, 0.15) is 0 Å². The number of thiocarbonyl (C=S) groups is 1. The van der Waals surface area contributed by atoms with E-state index >= 15 is 0 Å². The van der Waals surface area contributed by atoms with Crippen molar-refractivity contribution in [2.45, 2.75) is 20.3 Å². The normalized spacial score (nSPS) is 15.5. The SMILES string of the molecule is Cc1ccc(NC(=S)N2CCN(CCc3cccs3)CC2)cc1C. The minimum atomic E-state index is 0.844. The molecule has 5 heteroatoms. The van der Waals surface area contributed by atoms with E-state index in [2.05, 4.69) is 64.7 Å². The zero-order chi connectivity index (χ0) is 16.9. The lowest BCUT2D eigenvalue weighted by molar-refractivity contribution is 0.186. The van der Waals surface area contributed by atoms with E-state index in [0.717, 1.165) is 49.9 Å². The topological polar surface area (TPSA) is 18.5 Å². The molecule has 1 fully saturated rings. The van der Waals surface area contributed by atoms with E-state index in [4.69, 9.17) is 12.2 Å². The lowest BCUT2D eigenvalue weighted by Gasteiger charge is -2.36. The van der Waals surface area contributed by atoms with Crippen molar-refractivity contribution in [3.8, 4) is 0 Å². The first-order chi connectivity index (χ1) is 11.6. The van der Waals surface area contributed by atoms with E-state index in [1.807, 2.05) is 11.3 Å². The Hall–Kier alpha value is -1.43. The van der Waals surface area contributed by atoms with E-state index in [0.29, 0.717) is 0 Å². The molecule has 0 atom stereocenters. The highest BCUT2D eigenvalue weighted by Crippen LogP contribution is 2.16. The van der Waals surface area contributed by atoms with E-state index in [-0.39, 0.29) is 0 Å². The van der Waals surface area contributed by atoms with Gasteiger partial charge in [-0.1, -0.05) is 12.1 Å². The van der Waals surface area contributed by atoms with Crippen molar-refractivity contribution in [1.29, 1.82) is 0 Å². The van der Waals surface area contributed by atoms with E-state index in [1.54, 1.807) is 0 Å². The van der Waals surface area contributed by atoms with Gasteiger partial charge in [0.05, 0.1) is 0 Å². The maximum atomic E-state index is 5.60. The van der Waals surface area contributed by atoms with Gasteiger partial charge in [-0.2, -0.15) is 0 Å². The molecule has 0 unspecified atom stereocenters. The van der Waals surface area contributed by atoms with Crippen molar-refractivity contribution in [3.63, 3.8) is 0 Å². The predicted molar refractivity (Wildman–Crippen MR) is 108 cm³/mol. The van der Waals surface area contributed by atoms with Gasteiger partial charge in [0.15, 0.2) is 5.11 Å². The van der Waals surface area contributed by atoms with Gasteiger partial charge in [0.2, 0.25) is 0 Å². The van der Waals surface area contributed by atoms with Gasteiger partial charge in [-0.15, -0.1) is 11.3 Å². The summed E-state index contributed by atoms with van der Waals surface area (Å²) >= 11 is 7.45. The van der Waals surface area contributed by atoms with Crippen LogP contribution in [0.5, 0.6) is 0 Å². The summed E-state index contributed by atoms with van der Waals surface area (Å²) in [7, 11) is 0. The number of piperazine rings is 1. The van der Waals surface area contributed by atoms with Crippen molar-refractivity contribution >= 4 is 34.4 Å². The lowest BCUT2D eigenvalue weighted by atomic mass is 10.1. The fourth-order valence-corrected chi connectivity index (χ4v) is 3.92. The molecule has 2 heterocycles. The van der Waals surface area contributed by atoms with Crippen molar-refractivity contribution in [2.75, 3.05) is 38.0 Å². The summed E-state index contributed by atoms with van der Waals surface area (Å²) in [6.07, 6.45) is 1.16. The van der Waals surface area contributed by atoms with Crippen LogP contribution < -0.4 is 5.32 Å². The van der Waals surface area contributed by atoms with E-state index in [9.17, 15) is 0 Å². The Morgan fingerprint density at radius 2 is 1.92 bits per heavy atom. The summed E-state index contributed by atoms with van der Waals surface area (Å²) in [4.78, 5) is 6.30. The average molecular weight is 360 g/mol. The summed E-state index contributed by atoms with van der Waals surface area (Å²) in [6, 6.07) is 10.8. The number of thiophene rings is 1. The van der Waals surface area contributed by atoms with Crippen molar-refractivity contribution in [3.05, 3.63) is 51.7 Å². The predicted octanol–water partition coefficient (Wildman–Crippen LogP) is 3.92. The Labute approximate surface area is 154 Å². The first-order valence-electron chi connectivity index (χ1n) is 8.50. The largest absolute Gasteiger partial charge is 0.346 e. The first kappa shape index (κ1) is 17.4. The highest BCUT2D eigenvalue weighted by atomic mass is 32.1. The number of hydrogen-bond acceptors (Lipinski definition) is 3. The van der Waals surface area contributed by atoms with Gasteiger partial charge in [0, 0.05) is 43.3 Å². The van der Waals surface area contributed by atoms with Crippen LogP contribution in [0.2, 0.25) is 0 Å². The molecule has 0 radical (unpaired) electrons. The van der Waals surface area contributed by atoms with Crippen LogP contribution in [0.3, 0.4) is 0 Å². The van der Waals surface area contributed by atoms with Gasteiger partial charge in [0.25, 0.3) is 0 Å².